The van der Waals surface area contributed by atoms with Gasteiger partial charge < -0.3 is 5.32 Å². The summed E-state index contributed by atoms with van der Waals surface area (Å²) in [7, 11) is 0. The summed E-state index contributed by atoms with van der Waals surface area (Å²) in [5, 5.41) is 6.97. The van der Waals surface area contributed by atoms with Crippen molar-refractivity contribution in [2.45, 2.75) is 6.92 Å². The molecule has 4 aromatic rings. The molecule has 2 heterocycles. The third kappa shape index (κ3) is 3.27. The number of aromatic nitrogens is 2. The number of aryl methyl sites for hydroxylation is 1. The Morgan fingerprint density at radius 2 is 1.76 bits per heavy atom. The number of hydrogen-bond donors (Lipinski definition) is 1. The lowest BCUT2D eigenvalue weighted by Crippen LogP contribution is -2.13. The number of nitrogens with zero attached hydrogens (tertiary/aromatic N) is 2. The van der Waals surface area contributed by atoms with E-state index in [-0.39, 0.29) is 5.91 Å². The van der Waals surface area contributed by atoms with Gasteiger partial charge in [0.05, 0.1) is 16.2 Å². The van der Waals surface area contributed by atoms with Crippen LogP contribution in [0, 0.1) is 6.92 Å². The number of amides is 1. The first-order chi connectivity index (χ1) is 12.2. The van der Waals surface area contributed by atoms with E-state index in [2.05, 4.69) is 15.3 Å². The quantitative estimate of drug-likeness (QED) is 0.573. The van der Waals surface area contributed by atoms with Crippen LogP contribution in [0.1, 0.15) is 15.5 Å². The molecule has 0 aliphatic rings. The Balaban J connectivity index is 1.53. The van der Waals surface area contributed by atoms with Crippen molar-refractivity contribution < 1.29 is 4.79 Å². The molecule has 4 nitrogen and oxygen atoms in total. The fourth-order valence-corrected chi connectivity index (χ4v) is 3.23. The van der Waals surface area contributed by atoms with Crippen LogP contribution in [0.25, 0.3) is 22.2 Å². The number of nitrogens with one attached hydrogen (secondary N) is 1. The summed E-state index contributed by atoms with van der Waals surface area (Å²) in [6.07, 6.45) is 0. The Morgan fingerprint density at radius 1 is 0.960 bits per heavy atom. The normalized spacial score (nSPS) is 10.8. The van der Waals surface area contributed by atoms with Crippen LogP contribution in [-0.2, 0) is 0 Å². The summed E-state index contributed by atoms with van der Waals surface area (Å²) >= 11 is 1.62. The van der Waals surface area contributed by atoms with Gasteiger partial charge >= 0.3 is 0 Å². The minimum atomic E-state index is -0.219. The van der Waals surface area contributed by atoms with Gasteiger partial charge in [0, 0.05) is 22.0 Å². The SMILES string of the molecule is Cc1nc(-c2ccc(NC(=O)c3ccc4ccccc4n3)cc2)cs1. The number of benzene rings is 2. The van der Waals surface area contributed by atoms with Gasteiger partial charge in [-0.05, 0) is 31.2 Å². The van der Waals surface area contributed by atoms with Gasteiger partial charge in [-0.15, -0.1) is 11.3 Å². The Bertz CT molecular complexity index is 1050. The lowest BCUT2D eigenvalue weighted by molar-refractivity contribution is 0.102. The molecule has 0 atom stereocenters. The van der Waals surface area contributed by atoms with Crippen molar-refractivity contribution in [1.82, 2.24) is 9.97 Å². The molecular weight excluding hydrogens is 330 g/mol. The number of carbonyl (C=O) groups excluding carboxylic acids is 1. The van der Waals surface area contributed by atoms with E-state index in [9.17, 15) is 4.79 Å². The first-order valence-electron chi connectivity index (χ1n) is 7.89. The molecule has 0 saturated heterocycles. The molecule has 25 heavy (non-hydrogen) atoms. The standard InChI is InChI=1S/C20H15N3OS/c1-13-21-19(12-25-13)15-6-9-16(10-7-15)22-20(24)18-11-8-14-4-2-3-5-17(14)23-18/h2-12H,1H3,(H,22,24). The van der Waals surface area contributed by atoms with Gasteiger partial charge in [0.1, 0.15) is 5.69 Å². The Morgan fingerprint density at radius 3 is 2.52 bits per heavy atom. The lowest BCUT2D eigenvalue weighted by atomic mass is 10.1. The lowest BCUT2D eigenvalue weighted by Gasteiger charge is -2.06. The van der Waals surface area contributed by atoms with E-state index in [1.165, 1.54) is 0 Å². The highest BCUT2D eigenvalue weighted by Gasteiger charge is 2.09. The second-order valence-electron chi connectivity index (χ2n) is 5.67. The van der Waals surface area contributed by atoms with Crippen molar-refractivity contribution >= 4 is 33.8 Å². The van der Waals surface area contributed by atoms with Crippen LogP contribution < -0.4 is 5.32 Å². The van der Waals surface area contributed by atoms with Crippen molar-refractivity contribution in [1.29, 1.82) is 0 Å². The van der Waals surface area contributed by atoms with E-state index < -0.39 is 0 Å². The average Bonchev–Trinajstić information content (AvgIpc) is 3.08. The molecule has 0 bridgehead atoms. The fraction of sp³-hybridized carbons (Fsp3) is 0.0500. The molecule has 0 spiro atoms. The van der Waals surface area contributed by atoms with E-state index in [1.54, 1.807) is 17.4 Å². The van der Waals surface area contributed by atoms with Gasteiger partial charge in [-0.3, -0.25) is 4.79 Å². The van der Waals surface area contributed by atoms with E-state index in [4.69, 9.17) is 0 Å². The minimum absolute atomic E-state index is 0.219. The van der Waals surface area contributed by atoms with Crippen LogP contribution in [0.3, 0.4) is 0 Å². The molecule has 0 unspecified atom stereocenters. The number of carbonyl (C=O) groups is 1. The number of fused-ring (bicyclic) bond motifs is 1. The minimum Gasteiger partial charge on any atom is -0.321 e. The molecule has 2 aromatic heterocycles. The maximum atomic E-state index is 12.4. The highest BCUT2D eigenvalue weighted by atomic mass is 32.1. The first kappa shape index (κ1) is 15.5. The summed E-state index contributed by atoms with van der Waals surface area (Å²) in [6, 6.07) is 19.1. The third-order valence-corrected chi connectivity index (χ3v) is 4.66. The molecular formula is C20H15N3OS. The highest BCUT2D eigenvalue weighted by Crippen LogP contribution is 2.23. The van der Waals surface area contributed by atoms with Gasteiger partial charge in [0.2, 0.25) is 0 Å². The summed E-state index contributed by atoms with van der Waals surface area (Å²) in [6.45, 7) is 1.99. The van der Waals surface area contributed by atoms with Crippen LogP contribution >= 0.6 is 11.3 Å². The average molecular weight is 345 g/mol. The van der Waals surface area contributed by atoms with Gasteiger partial charge in [-0.2, -0.15) is 0 Å². The molecule has 0 radical (unpaired) electrons. The maximum absolute atomic E-state index is 12.4. The third-order valence-electron chi connectivity index (χ3n) is 3.89. The Labute approximate surface area is 149 Å². The van der Waals surface area contributed by atoms with Gasteiger partial charge in [-0.25, -0.2) is 9.97 Å². The number of anilines is 1. The van der Waals surface area contributed by atoms with Crippen molar-refractivity contribution in [3.63, 3.8) is 0 Å². The van der Waals surface area contributed by atoms with Crippen molar-refractivity contribution in [3.8, 4) is 11.3 Å². The second kappa shape index (κ2) is 6.45. The zero-order valence-corrected chi connectivity index (χ0v) is 14.4. The number of thiazole rings is 1. The number of hydrogen-bond acceptors (Lipinski definition) is 4. The van der Waals surface area contributed by atoms with E-state index in [0.29, 0.717) is 5.69 Å². The first-order valence-corrected chi connectivity index (χ1v) is 8.77. The molecule has 2 aromatic carbocycles. The molecule has 0 aliphatic carbocycles. The zero-order chi connectivity index (χ0) is 17.2. The summed E-state index contributed by atoms with van der Waals surface area (Å²) in [5.74, 6) is -0.219. The predicted octanol–water partition coefficient (Wildman–Crippen LogP) is 4.92. The van der Waals surface area contributed by atoms with Crippen molar-refractivity contribution in [2.75, 3.05) is 5.32 Å². The van der Waals surface area contributed by atoms with Gasteiger partial charge in [-0.1, -0.05) is 36.4 Å². The van der Waals surface area contributed by atoms with Gasteiger partial charge in [0.15, 0.2) is 0 Å². The molecule has 0 fully saturated rings. The maximum Gasteiger partial charge on any atom is 0.274 e. The van der Waals surface area contributed by atoms with Crippen molar-refractivity contribution in [3.05, 3.63) is 76.7 Å². The smallest absolute Gasteiger partial charge is 0.274 e. The molecule has 1 amide bonds. The Kier molecular flexibility index (Phi) is 3.99. The number of pyridine rings is 1. The fourth-order valence-electron chi connectivity index (χ4n) is 2.61. The second-order valence-corrected chi connectivity index (χ2v) is 6.73. The highest BCUT2D eigenvalue weighted by molar-refractivity contribution is 7.09. The van der Waals surface area contributed by atoms with E-state index in [0.717, 1.165) is 32.9 Å². The molecule has 4 rings (SSSR count). The van der Waals surface area contributed by atoms with Gasteiger partial charge in [0.25, 0.3) is 5.91 Å². The van der Waals surface area contributed by atoms with Crippen LogP contribution in [0.4, 0.5) is 5.69 Å². The molecule has 122 valence electrons. The molecule has 5 heteroatoms. The number of para-hydroxylation sites is 1. The largest absolute Gasteiger partial charge is 0.321 e. The number of rotatable bonds is 3. The molecule has 0 aliphatic heterocycles. The van der Waals surface area contributed by atoms with E-state index >= 15 is 0 Å². The molecule has 1 N–H and O–H groups in total. The van der Waals surface area contributed by atoms with Crippen LogP contribution in [0.5, 0.6) is 0 Å². The zero-order valence-electron chi connectivity index (χ0n) is 13.6. The Hall–Kier alpha value is -3.05. The van der Waals surface area contributed by atoms with Crippen LogP contribution in [0.2, 0.25) is 0 Å². The van der Waals surface area contributed by atoms with Crippen LogP contribution in [0.15, 0.2) is 66.0 Å². The topological polar surface area (TPSA) is 54.9 Å². The van der Waals surface area contributed by atoms with Crippen LogP contribution in [-0.4, -0.2) is 15.9 Å². The monoisotopic (exact) mass is 345 g/mol. The summed E-state index contributed by atoms with van der Waals surface area (Å²) in [5.41, 5.74) is 3.93. The van der Waals surface area contributed by atoms with Crippen molar-refractivity contribution in [2.24, 2.45) is 0 Å². The summed E-state index contributed by atoms with van der Waals surface area (Å²) in [4.78, 5) is 21.3. The molecule has 0 saturated carbocycles. The predicted molar refractivity (Wildman–Crippen MR) is 102 cm³/mol. The summed E-state index contributed by atoms with van der Waals surface area (Å²) < 4.78 is 0. The van der Waals surface area contributed by atoms with E-state index in [1.807, 2.05) is 66.9 Å².